The molecule has 1 aromatic heterocycles. The number of carbonyl (C=O) groups excluding carboxylic acids is 1. The number of ether oxygens (including phenoxy) is 3. The van der Waals surface area contributed by atoms with Gasteiger partial charge in [0.2, 0.25) is 0 Å². The zero-order valence-corrected chi connectivity index (χ0v) is 16.6. The van der Waals surface area contributed by atoms with Gasteiger partial charge in [-0.15, -0.1) is 0 Å². The molecule has 0 spiro atoms. The van der Waals surface area contributed by atoms with Gasteiger partial charge in [-0.05, 0) is 24.6 Å². The first-order valence-corrected chi connectivity index (χ1v) is 10.1. The summed E-state index contributed by atoms with van der Waals surface area (Å²) in [6, 6.07) is 6.67. The van der Waals surface area contributed by atoms with E-state index in [4.69, 9.17) is 14.2 Å². The quantitative estimate of drug-likeness (QED) is 0.780. The number of allylic oxidation sites excluding steroid dienone is 1. The molecule has 3 aliphatic heterocycles. The summed E-state index contributed by atoms with van der Waals surface area (Å²) in [4.78, 5) is 16.9. The van der Waals surface area contributed by atoms with Crippen molar-refractivity contribution in [2.45, 2.75) is 38.8 Å². The molecule has 0 saturated carbocycles. The monoisotopic (exact) mass is 383 g/mol. The molecule has 2 N–H and O–H groups in total. The van der Waals surface area contributed by atoms with Crippen LogP contribution in [0.2, 0.25) is 0 Å². The number of benzene rings is 1. The smallest absolute Gasteiger partial charge is 0.307 e. The van der Waals surface area contributed by atoms with Crippen LogP contribution in [0.15, 0.2) is 30.2 Å². The van der Waals surface area contributed by atoms with Crippen LogP contribution < -0.4 is 9.64 Å². The number of carbonyl (C=O) groups is 1. The van der Waals surface area contributed by atoms with E-state index in [2.05, 4.69) is 24.0 Å². The van der Waals surface area contributed by atoms with Gasteiger partial charge in [-0.25, -0.2) is 0 Å². The van der Waals surface area contributed by atoms with Crippen LogP contribution in [-0.4, -0.2) is 37.3 Å². The lowest BCUT2D eigenvalue weighted by Gasteiger charge is -2.46. The highest BCUT2D eigenvalue weighted by Gasteiger charge is 2.49. The lowest BCUT2D eigenvalue weighted by Crippen LogP contribution is -3.15. The van der Waals surface area contributed by atoms with Crippen molar-refractivity contribution in [1.82, 2.24) is 4.98 Å². The van der Waals surface area contributed by atoms with Crippen LogP contribution in [0, 0.1) is 11.8 Å². The number of hydrogen-bond acceptors (Lipinski definition) is 4. The number of methoxy groups -OCH3 is 1. The predicted octanol–water partition coefficient (Wildman–Crippen LogP) is 2.12. The minimum absolute atomic E-state index is 0.145. The molecule has 2 aromatic rings. The first-order valence-electron chi connectivity index (χ1n) is 10.1. The maximum absolute atomic E-state index is 11.6. The number of hydrogen-bond donors (Lipinski definition) is 2. The fraction of sp³-hybridized carbons (Fsp3) is 0.500. The number of rotatable bonds is 2. The van der Waals surface area contributed by atoms with Crippen LogP contribution in [0.1, 0.15) is 37.6 Å². The molecule has 5 atom stereocenters. The molecule has 1 saturated heterocycles. The first kappa shape index (κ1) is 17.6. The second-order valence-electron chi connectivity index (χ2n) is 8.30. The minimum Gasteiger partial charge on any atom is -0.497 e. The van der Waals surface area contributed by atoms with Crippen LogP contribution in [0.25, 0.3) is 10.9 Å². The summed E-state index contributed by atoms with van der Waals surface area (Å²) >= 11 is 0. The molecular formula is C22H27N2O4+. The van der Waals surface area contributed by atoms with E-state index in [1.807, 2.05) is 6.07 Å². The Bertz CT molecular complexity index is 963. The van der Waals surface area contributed by atoms with E-state index in [9.17, 15) is 4.79 Å². The Hall–Kier alpha value is -2.47. The summed E-state index contributed by atoms with van der Waals surface area (Å²) < 4.78 is 16.7. The highest BCUT2D eigenvalue weighted by atomic mass is 16.6. The Morgan fingerprint density at radius 3 is 3.00 bits per heavy atom. The molecule has 148 valence electrons. The average molecular weight is 383 g/mol. The SMILES string of the molecule is COc1ccc2c3c([nH]c2c1)[C@H]1C[C@H]2C(OC(C)=O)=CO[C@H](C)[C@H]2C[NH+]1CC3. The third-order valence-corrected chi connectivity index (χ3v) is 6.82. The molecule has 3 aliphatic rings. The third-order valence-electron chi connectivity index (χ3n) is 6.82. The van der Waals surface area contributed by atoms with Gasteiger partial charge in [0.05, 0.1) is 31.8 Å². The fourth-order valence-electron chi connectivity index (χ4n) is 5.46. The first-order chi connectivity index (χ1) is 13.5. The molecule has 1 unspecified atom stereocenters. The van der Waals surface area contributed by atoms with Gasteiger partial charge in [0.15, 0.2) is 0 Å². The van der Waals surface area contributed by atoms with Crippen LogP contribution >= 0.6 is 0 Å². The van der Waals surface area contributed by atoms with Crippen molar-refractivity contribution in [2.24, 2.45) is 11.8 Å². The highest BCUT2D eigenvalue weighted by Crippen LogP contribution is 2.41. The molecule has 1 aromatic carbocycles. The number of quaternary nitrogens is 1. The van der Waals surface area contributed by atoms with Crippen LogP contribution in [0.5, 0.6) is 5.75 Å². The Morgan fingerprint density at radius 2 is 2.21 bits per heavy atom. The summed E-state index contributed by atoms with van der Waals surface area (Å²) in [5.41, 5.74) is 3.91. The van der Waals surface area contributed by atoms with Crippen molar-refractivity contribution >= 4 is 16.9 Å². The normalized spacial score (nSPS) is 31.1. The van der Waals surface area contributed by atoms with E-state index in [0.29, 0.717) is 17.7 Å². The van der Waals surface area contributed by atoms with Gasteiger partial charge in [0.1, 0.15) is 29.9 Å². The molecule has 0 radical (unpaired) electrons. The van der Waals surface area contributed by atoms with E-state index >= 15 is 0 Å². The molecule has 4 heterocycles. The van der Waals surface area contributed by atoms with E-state index in [1.54, 1.807) is 18.3 Å². The molecule has 0 bridgehead atoms. The zero-order valence-electron chi connectivity index (χ0n) is 16.6. The average Bonchev–Trinajstić information content (AvgIpc) is 3.07. The Kier molecular flexibility index (Phi) is 4.12. The number of aromatic nitrogens is 1. The number of esters is 1. The van der Waals surface area contributed by atoms with Gasteiger partial charge >= 0.3 is 5.97 Å². The maximum atomic E-state index is 11.6. The zero-order chi connectivity index (χ0) is 19.4. The van der Waals surface area contributed by atoms with Crippen molar-refractivity contribution in [1.29, 1.82) is 0 Å². The van der Waals surface area contributed by atoms with E-state index < -0.39 is 0 Å². The summed E-state index contributed by atoms with van der Waals surface area (Å²) in [6.45, 7) is 5.74. The van der Waals surface area contributed by atoms with E-state index in [0.717, 1.165) is 37.2 Å². The highest BCUT2D eigenvalue weighted by molar-refractivity contribution is 5.86. The standard InChI is InChI=1S/C22H26N2O4/c1-12-18-10-24-7-6-16-15-5-4-14(26-3)8-19(15)23-22(16)20(24)9-17(18)21(11-27-12)28-13(2)25/h4-5,8,11-12,17-18,20,23H,6-7,9-10H2,1-3H3/p+1/t12-,17-,18-,20-/m1/s1. The molecule has 1 fully saturated rings. The molecule has 5 rings (SSSR count). The van der Waals surface area contributed by atoms with Gasteiger partial charge in [-0.3, -0.25) is 4.79 Å². The number of H-pyrrole nitrogens is 1. The summed E-state index contributed by atoms with van der Waals surface area (Å²) in [7, 11) is 1.70. The summed E-state index contributed by atoms with van der Waals surface area (Å²) in [5.74, 6) is 1.88. The Morgan fingerprint density at radius 1 is 1.36 bits per heavy atom. The minimum atomic E-state index is -0.278. The molecule has 0 amide bonds. The Labute approximate surface area is 164 Å². The largest absolute Gasteiger partial charge is 0.497 e. The van der Waals surface area contributed by atoms with Crippen molar-refractivity contribution in [3.05, 3.63) is 41.5 Å². The van der Waals surface area contributed by atoms with Crippen molar-refractivity contribution < 1.29 is 23.9 Å². The lowest BCUT2D eigenvalue weighted by atomic mass is 9.74. The molecular weight excluding hydrogens is 356 g/mol. The van der Waals surface area contributed by atoms with Crippen LogP contribution in [0.3, 0.4) is 0 Å². The van der Waals surface area contributed by atoms with Gasteiger partial charge in [0.25, 0.3) is 0 Å². The maximum Gasteiger partial charge on any atom is 0.307 e. The Balaban J connectivity index is 1.52. The lowest BCUT2D eigenvalue weighted by molar-refractivity contribution is -0.945. The number of nitrogens with one attached hydrogen (secondary N) is 2. The molecule has 6 nitrogen and oxygen atoms in total. The van der Waals surface area contributed by atoms with E-state index in [-0.39, 0.29) is 18.0 Å². The van der Waals surface area contributed by atoms with Crippen molar-refractivity contribution in [3.63, 3.8) is 0 Å². The second kappa shape index (κ2) is 6.55. The summed E-state index contributed by atoms with van der Waals surface area (Å²) in [5, 5.41) is 1.30. The molecule has 0 aliphatic carbocycles. The van der Waals surface area contributed by atoms with E-state index in [1.165, 1.54) is 23.6 Å². The second-order valence-corrected chi connectivity index (χ2v) is 8.30. The third kappa shape index (κ3) is 2.70. The van der Waals surface area contributed by atoms with Gasteiger partial charge in [-0.1, -0.05) is 0 Å². The fourth-order valence-corrected chi connectivity index (χ4v) is 5.46. The van der Waals surface area contributed by atoms with Gasteiger partial charge in [-0.2, -0.15) is 0 Å². The number of fused-ring (bicyclic) bond motifs is 6. The van der Waals surface area contributed by atoms with Gasteiger partial charge < -0.3 is 24.1 Å². The number of aromatic amines is 1. The molecule has 28 heavy (non-hydrogen) atoms. The molecule has 6 heteroatoms. The van der Waals surface area contributed by atoms with Crippen molar-refractivity contribution in [3.8, 4) is 5.75 Å². The number of piperidine rings is 1. The summed E-state index contributed by atoms with van der Waals surface area (Å²) in [6.07, 6.45) is 3.85. The van der Waals surface area contributed by atoms with Crippen molar-refractivity contribution in [2.75, 3.05) is 20.2 Å². The van der Waals surface area contributed by atoms with Crippen LogP contribution in [0.4, 0.5) is 0 Å². The van der Waals surface area contributed by atoms with Crippen LogP contribution in [-0.2, 0) is 20.7 Å². The topological polar surface area (TPSA) is 65.0 Å². The van der Waals surface area contributed by atoms with Gasteiger partial charge in [0, 0.05) is 42.7 Å². The predicted molar refractivity (Wildman–Crippen MR) is 104 cm³/mol.